The lowest BCUT2D eigenvalue weighted by Crippen LogP contribution is -2.29. The van der Waals surface area contributed by atoms with E-state index in [0.29, 0.717) is 0 Å². The topological polar surface area (TPSA) is 92.7 Å². The van der Waals surface area contributed by atoms with E-state index in [1.54, 1.807) is 0 Å². The summed E-state index contributed by atoms with van der Waals surface area (Å²) >= 11 is 0. The van der Waals surface area contributed by atoms with Crippen LogP contribution < -0.4 is 5.32 Å². The van der Waals surface area contributed by atoms with E-state index in [4.69, 9.17) is 5.11 Å². The molecule has 0 rings (SSSR count). The lowest BCUT2D eigenvalue weighted by atomic mass is 10.2. The van der Waals surface area contributed by atoms with Gasteiger partial charge in [-0.3, -0.25) is 14.4 Å². The van der Waals surface area contributed by atoms with Gasteiger partial charge in [-0.1, -0.05) is 0 Å². The molecule has 0 saturated heterocycles. The largest absolute Gasteiger partial charge is 0.481 e. The molecule has 0 aliphatic heterocycles. The molecule has 0 aromatic rings. The Morgan fingerprint density at radius 2 is 1.93 bits per heavy atom. The van der Waals surface area contributed by atoms with Gasteiger partial charge >= 0.3 is 11.9 Å². The van der Waals surface area contributed by atoms with Crippen LogP contribution in [0.15, 0.2) is 0 Å². The summed E-state index contributed by atoms with van der Waals surface area (Å²) in [5.41, 5.74) is 0. The van der Waals surface area contributed by atoms with Gasteiger partial charge in [-0.2, -0.15) is 0 Å². The van der Waals surface area contributed by atoms with Crippen LogP contribution >= 0.6 is 0 Å². The van der Waals surface area contributed by atoms with Gasteiger partial charge in [-0.05, 0) is 6.42 Å². The lowest BCUT2D eigenvalue weighted by molar-refractivity contribution is -0.141. The van der Waals surface area contributed by atoms with Crippen molar-refractivity contribution in [2.24, 2.45) is 0 Å². The second kappa shape index (κ2) is 6.88. The van der Waals surface area contributed by atoms with Crippen molar-refractivity contribution in [3.05, 3.63) is 0 Å². The zero-order valence-corrected chi connectivity index (χ0v) is 7.91. The Bertz CT molecular complexity index is 226. The first-order valence-corrected chi connectivity index (χ1v) is 4.11. The molecule has 80 valence electrons. The van der Waals surface area contributed by atoms with E-state index in [1.165, 1.54) is 7.11 Å². The summed E-state index contributed by atoms with van der Waals surface area (Å²) in [4.78, 5) is 31.6. The second-order valence-electron chi connectivity index (χ2n) is 2.60. The van der Waals surface area contributed by atoms with Crippen molar-refractivity contribution in [1.29, 1.82) is 0 Å². The summed E-state index contributed by atoms with van der Waals surface area (Å²) in [5.74, 6) is -1.82. The van der Waals surface area contributed by atoms with Crippen LogP contribution in [-0.2, 0) is 19.1 Å². The third-order valence-electron chi connectivity index (χ3n) is 1.45. The summed E-state index contributed by atoms with van der Waals surface area (Å²) in [6.45, 7) is -0.178. The average molecular weight is 203 g/mol. The zero-order chi connectivity index (χ0) is 11.0. The van der Waals surface area contributed by atoms with E-state index < -0.39 is 11.9 Å². The number of aliphatic carboxylic acids is 1. The molecule has 0 aliphatic carbocycles. The number of esters is 1. The minimum atomic E-state index is -0.939. The molecule has 2 N–H and O–H groups in total. The predicted molar refractivity (Wildman–Crippen MR) is 46.5 cm³/mol. The van der Waals surface area contributed by atoms with Crippen LogP contribution in [0.5, 0.6) is 0 Å². The summed E-state index contributed by atoms with van der Waals surface area (Å²) in [7, 11) is 1.22. The summed E-state index contributed by atoms with van der Waals surface area (Å²) in [6.07, 6.45) is 0.317. The fraction of sp³-hybridized carbons (Fsp3) is 0.625. The normalized spacial score (nSPS) is 9.21. The van der Waals surface area contributed by atoms with Crippen LogP contribution in [0.1, 0.15) is 19.3 Å². The van der Waals surface area contributed by atoms with Gasteiger partial charge in [0.25, 0.3) is 0 Å². The Hall–Kier alpha value is -1.59. The third-order valence-corrected chi connectivity index (χ3v) is 1.45. The molecule has 6 heteroatoms. The van der Waals surface area contributed by atoms with Crippen molar-refractivity contribution in [3.8, 4) is 0 Å². The molecule has 0 aromatic carbocycles. The fourth-order valence-electron chi connectivity index (χ4n) is 0.731. The maximum absolute atomic E-state index is 10.9. The standard InChI is InChI=1S/C8H13NO5/c1-14-8(13)5-9-6(10)3-2-4-7(11)12/h2-5H2,1H3,(H,9,10)(H,11,12). The Balaban J connectivity index is 3.46. The number of hydrogen-bond acceptors (Lipinski definition) is 4. The lowest BCUT2D eigenvalue weighted by Gasteiger charge is -2.02. The Morgan fingerprint density at radius 3 is 2.43 bits per heavy atom. The highest BCUT2D eigenvalue weighted by molar-refractivity contribution is 5.82. The predicted octanol–water partition coefficient (Wildman–Crippen LogP) is -0.470. The molecule has 0 saturated carbocycles. The van der Waals surface area contributed by atoms with Crippen LogP contribution in [0.4, 0.5) is 0 Å². The fourth-order valence-corrected chi connectivity index (χ4v) is 0.731. The number of hydrogen-bond donors (Lipinski definition) is 2. The van der Waals surface area contributed by atoms with Crippen LogP contribution in [0.3, 0.4) is 0 Å². The van der Waals surface area contributed by atoms with Crippen molar-refractivity contribution in [3.63, 3.8) is 0 Å². The van der Waals surface area contributed by atoms with Crippen LogP contribution in [0.25, 0.3) is 0 Å². The molecule has 0 fully saturated rings. The summed E-state index contributed by atoms with van der Waals surface area (Å²) in [5, 5.41) is 10.6. The molecule has 0 bridgehead atoms. The van der Waals surface area contributed by atoms with Crippen molar-refractivity contribution in [2.45, 2.75) is 19.3 Å². The molecule has 0 radical (unpaired) electrons. The Labute approximate surface area is 81.2 Å². The van der Waals surface area contributed by atoms with E-state index >= 15 is 0 Å². The van der Waals surface area contributed by atoms with Crippen molar-refractivity contribution in [2.75, 3.05) is 13.7 Å². The number of carbonyl (C=O) groups excluding carboxylic acids is 2. The molecular formula is C8H13NO5. The van der Waals surface area contributed by atoms with Crippen molar-refractivity contribution < 1.29 is 24.2 Å². The first-order valence-electron chi connectivity index (χ1n) is 4.11. The molecule has 6 nitrogen and oxygen atoms in total. The van der Waals surface area contributed by atoms with E-state index in [0.717, 1.165) is 0 Å². The molecular weight excluding hydrogens is 190 g/mol. The number of nitrogens with one attached hydrogen (secondary N) is 1. The van der Waals surface area contributed by atoms with Gasteiger partial charge in [0.1, 0.15) is 6.54 Å². The van der Waals surface area contributed by atoms with Crippen molar-refractivity contribution in [1.82, 2.24) is 5.32 Å². The zero-order valence-electron chi connectivity index (χ0n) is 7.91. The maximum atomic E-state index is 10.9. The van der Waals surface area contributed by atoms with Gasteiger partial charge in [0.2, 0.25) is 5.91 Å². The highest BCUT2D eigenvalue weighted by Gasteiger charge is 2.05. The van der Waals surface area contributed by atoms with Gasteiger partial charge in [-0.25, -0.2) is 0 Å². The number of carboxylic acid groups (broad SMARTS) is 1. The summed E-state index contributed by atoms with van der Waals surface area (Å²) in [6, 6.07) is 0. The smallest absolute Gasteiger partial charge is 0.325 e. The second-order valence-corrected chi connectivity index (χ2v) is 2.60. The molecule has 0 atom stereocenters. The number of carboxylic acids is 1. The average Bonchev–Trinajstić information content (AvgIpc) is 2.13. The highest BCUT2D eigenvalue weighted by atomic mass is 16.5. The van der Waals surface area contributed by atoms with Gasteiger partial charge in [0, 0.05) is 12.8 Å². The van der Waals surface area contributed by atoms with E-state index in [-0.39, 0.29) is 31.7 Å². The molecule has 0 spiro atoms. The van der Waals surface area contributed by atoms with Gasteiger partial charge < -0.3 is 15.2 Å². The molecule has 0 aliphatic rings. The van der Waals surface area contributed by atoms with E-state index in [1.807, 2.05) is 0 Å². The van der Waals surface area contributed by atoms with Crippen LogP contribution in [-0.4, -0.2) is 36.6 Å². The van der Waals surface area contributed by atoms with Crippen LogP contribution in [0.2, 0.25) is 0 Å². The Kier molecular flexibility index (Phi) is 6.09. The Morgan fingerprint density at radius 1 is 1.29 bits per heavy atom. The van der Waals surface area contributed by atoms with Gasteiger partial charge in [-0.15, -0.1) is 0 Å². The van der Waals surface area contributed by atoms with Crippen molar-refractivity contribution >= 4 is 17.8 Å². The van der Waals surface area contributed by atoms with Gasteiger partial charge in [0.05, 0.1) is 7.11 Å². The molecule has 0 unspecified atom stereocenters. The maximum Gasteiger partial charge on any atom is 0.325 e. The highest BCUT2D eigenvalue weighted by Crippen LogP contribution is 1.94. The van der Waals surface area contributed by atoms with E-state index in [9.17, 15) is 14.4 Å². The number of carbonyl (C=O) groups is 3. The third kappa shape index (κ3) is 7.08. The molecule has 0 aromatic heterocycles. The number of ether oxygens (including phenoxy) is 1. The minimum Gasteiger partial charge on any atom is -0.481 e. The first kappa shape index (κ1) is 12.4. The minimum absolute atomic E-state index is 0.0500. The summed E-state index contributed by atoms with van der Waals surface area (Å²) < 4.78 is 4.30. The monoisotopic (exact) mass is 203 g/mol. The first-order chi connectivity index (χ1) is 6.56. The molecule has 14 heavy (non-hydrogen) atoms. The van der Waals surface area contributed by atoms with Gasteiger partial charge in [0.15, 0.2) is 0 Å². The van der Waals surface area contributed by atoms with E-state index in [2.05, 4.69) is 10.1 Å². The SMILES string of the molecule is COC(=O)CNC(=O)CCCC(=O)O. The molecule has 1 amide bonds. The van der Waals surface area contributed by atoms with Crippen LogP contribution in [0, 0.1) is 0 Å². The quantitative estimate of drug-likeness (QED) is 0.569. The molecule has 0 heterocycles. The number of amides is 1. The number of methoxy groups -OCH3 is 1. The number of rotatable bonds is 6.